The van der Waals surface area contributed by atoms with E-state index in [-0.39, 0.29) is 16.8 Å². The van der Waals surface area contributed by atoms with Gasteiger partial charge in [0, 0.05) is 12.2 Å². The lowest BCUT2D eigenvalue weighted by Crippen LogP contribution is -2.36. The summed E-state index contributed by atoms with van der Waals surface area (Å²) in [6.07, 6.45) is 6.56. The summed E-state index contributed by atoms with van der Waals surface area (Å²) in [6.45, 7) is 0. The van der Waals surface area contributed by atoms with Crippen molar-refractivity contribution in [1.82, 2.24) is 9.71 Å². The van der Waals surface area contributed by atoms with Gasteiger partial charge in [0.2, 0.25) is 0 Å². The number of hydrogen-bond donors (Lipinski definition) is 2. The molecule has 2 rings (SSSR count). The Morgan fingerprint density at radius 2 is 2.00 bits per heavy atom. The smallest absolute Gasteiger partial charge is 0.260 e. The van der Waals surface area contributed by atoms with E-state index >= 15 is 0 Å². The van der Waals surface area contributed by atoms with Gasteiger partial charge in [0.05, 0.1) is 5.69 Å². The molecule has 0 amide bonds. The number of nitrogens with zero attached hydrogens (tertiary/aromatic N) is 1. The van der Waals surface area contributed by atoms with Crippen molar-refractivity contribution >= 4 is 15.7 Å². The first-order valence-corrected chi connectivity index (χ1v) is 7.31. The molecule has 0 aromatic carbocycles. The van der Waals surface area contributed by atoms with Crippen LogP contribution < -0.4 is 10.5 Å². The molecular weight excluding hydrogens is 238 g/mol. The summed E-state index contributed by atoms with van der Waals surface area (Å²) in [5.74, 6) is 0. The highest BCUT2D eigenvalue weighted by molar-refractivity contribution is 7.89. The largest absolute Gasteiger partial charge is 0.396 e. The van der Waals surface area contributed by atoms with Gasteiger partial charge >= 0.3 is 0 Å². The zero-order chi connectivity index (χ0) is 12.3. The molecule has 17 heavy (non-hydrogen) atoms. The van der Waals surface area contributed by atoms with E-state index in [1.54, 1.807) is 12.1 Å². The Kier molecular flexibility index (Phi) is 3.63. The first kappa shape index (κ1) is 12.3. The first-order valence-electron chi connectivity index (χ1n) is 5.82. The molecule has 0 aliphatic heterocycles. The number of nitrogen functional groups attached to an aromatic ring is 1. The Labute approximate surface area is 101 Å². The highest BCUT2D eigenvalue weighted by Crippen LogP contribution is 2.20. The molecule has 1 aromatic rings. The number of rotatable bonds is 3. The van der Waals surface area contributed by atoms with Gasteiger partial charge in [0.25, 0.3) is 10.0 Å². The molecule has 3 N–H and O–H groups in total. The monoisotopic (exact) mass is 255 g/mol. The van der Waals surface area contributed by atoms with Crippen molar-refractivity contribution in [2.24, 2.45) is 0 Å². The van der Waals surface area contributed by atoms with Crippen LogP contribution in [-0.2, 0) is 10.0 Å². The van der Waals surface area contributed by atoms with E-state index < -0.39 is 10.0 Å². The Morgan fingerprint density at radius 3 is 2.65 bits per heavy atom. The summed E-state index contributed by atoms with van der Waals surface area (Å²) in [6, 6.07) is 3.19. The fourth-order valence-electron chi connectivity index (χ4n) is 2.12. The number of aromatic nitrogens is 1. The van der Waals surface area contributed by atoms with Crippen molar-refractivity contribution in [3.63, 3.8) is 0 Å². The van der Waals surface area contributed by atoms with E-state index in [1.807, 2.05) is 0 Å². The van der Waals surface area contributed by atoms with Crippen LogP contribution in [0.25, 0.3) is 0 Å². The number of nitrogens with two attached hydrogens (primary N) is 1. The minimum Gasteiger partial charge on any atom is -0.396 e. The zero-order valence-corrected chi connectivity index (χ0v) is 10.4. The van der Waals surface area contributed by atoms with Gasteiger partial charge in [-0.25, -0.2) is 18.1 Å². The van der Waals surface area contributed by atoms with Gasteiger partial charge in [0.1, 0.15) is 0 Å². The normalized spacial score (nSPS) is 18.1. The van der Waals surface area contributed by atoms with Crippen molar-refractivity contribution in [2.45, 2.75) is 43.2 Å². The van der Waals surface area contributed by atoms with Gasteiger partial charge in [-0.1, -0.05) is 19.3 Å². The molecule has 1 saturated carbocycles. The average molecular weight is 255 g/mol. The molecule has 0 bridgehead atoms. The van der Waals surface area contributed by atoms with E-state index in [0.717, 1.165) is 25.7 Å². The van der Waals surface area contributed by atoms with Crippen molar-refractivity contribution in [3.8, 4) is 0 Å². The van der Waals surface area contributed by atoms with Crippen LogP contribution in [0.4, 0.5) is 5.69 Å². The molecule has 1 aliphatic carbocycles. The molecule has 0 unspecified atom stereocenters. The summed E-state index contributed by atoms with van der Waals surface area (Å²) in [5.41, 5.74) is 5.82. The molecule has 0 spiro atoms. The molecule has 5 nitrogen and oxygen atoms in total. The lowest BCUT2D eigenvalue weighted by Gasteiger charge is -2.22. The van der Waals surface area contributed by atoms with E-state index in [1.165, 1.54) is 12.6 Å². The van der Waals surface area contributed by atoms with Crippen molar-refractivity contribution in [2.75, 3.05) is 5.73 Å². The van der Waals surface area contributed by atoms with Crippen molar-refractivity contribution < 1.29 is 8.42 Å². The molecule has 0 radical (unpaired) electrons. The van der Waals surface area contributed by atoms with Crippen LogP contribution in [0.5, 0.6) is 0 Å². The standard InChI is InChI=1S/C11H17N3O2S/c12-10-7-4-8-13-11(10)17(15,16)14-9-5-2-1-3-6-9/h4,7-9,14H,1-3,5-6,12H2. The third kappa shape index (κ3) is 2.95. The fourth-order valence-corrected chi connectivity index (χ4v) is 3.49. The minimum absolute atomic E-state index is 0.0233. The second-order valence-electron chi connectivity index (χ2n) is 4.35. The number of anilines is 1. The van der Waals surface area contributed by atoms with Crippen molar-refractivity contribution in [1.29, 1.82) is 0 Å². The number of sulfonamides is 1. The Hall–Kier alpha value is -1.14. The van der Waals surface area contributed by atoms with Gasteiger partial charge in [-0.2, -0.15) is 0 Å². The van der Waals surface area contributed by atoms with E-state index in [2.05, 4.69) is 9.71 Å². The lowest BCUT2D eigenvalue weighted by atomic mass is 9.96. The molecule has 1 fully saturated rings. The third-order valence-corrected chi connectivity index (χ3v) is 4.48. The van der Waals surface area contributed by atoms with E-state index in [4.69, 9.17) is 5.73 Å². The highest BCUT2D eigenvalue weighted by atomic mass is 32.2. The lowest BCUT2D eigenvalue weighted by molar-refractivity contribution is 0.411. The van der Waals surface area contributed by atoms with Crippen LogP contribution in [0.1, 0.15) is 32.1 Å². The maximum absolute atomic E-state index is 12.1. The van der Waals surface area contributed by atoms with Crippen LogP contribution in [-0.4, -0.2) is 19.4 Å². The third-order valence-electron chi connectivity index (χ3n) is 2.98. The first-order chi connectivity index (χ1) is 8.09. The number of pyridine rings is 1. The predicted octanol–water partition coefficient (Wildman–Crippen LogP) is 1.27. The summed E-state index contributed by atoms with van der Waals surface area (Å²) in [5, 5.41) is -0.0643. The van der Waals surface area contributed by atoms with Crippen molar-refractivity contribution in [3.05, 3.63) is 18.3 Å². The number of nitrogens with one attached hydrogen (secondary N) is 1. The predicted molar refractivity (Wildman–Crippen MR) is 65.8 cm³/mol. The zero-order valence-electron chi connectivity index (χ0n) is 9.59. The van der Waals surface area contributed by atoms with E-state index in [9.17, 15) is 8.42 Å². The van der Waals surface area contributed by atoms with Crippen LogP contribution >= 0.6 is 0 Å². The fraction of sp³-hybridized carbons (Fsp3) is 0.545. The summed E-state index contributed by atoms with van der Waals surface area (Å²) < 4.78 is 26.8. The Morgan fingerprint density at radius 1 is 1.29 bits per heavy atom. The van der Waals surface area contributed by atoms with Crippen LogP contribution in [0.3, 0.4) is 0 Å². The van der Waals surface area contributed by atoms with Crippen LogP contribution in [0.2, 0.25) is 0 Å². The number of hydrogen-bond acceptors (Lipinski definition) is 4. The summed E-state index contributed by atoms with van der Waals surface area (Å²) in [7, 11) is -3.58. The topological polar surface area (TPSA) is 85.1 Å². The summed E-state index contributed by atoms with van der Waals surface area (Å²) >= 11 is 0. The highest BCUT2D eigenvalue weighted by Gasteiger charge is 2.24. The maximum Gasteiger partial charge on any atom is 0.260 e. The van der Waals surface area contributed by atoms with E-state index in [0.29, 0.717) is 0 Å². The molecule has 0 saturated heterocycles. The molecule has 1 aromatic heterocycles. The minimum atomic E-state index is -3.58. The quantitative estimate of drug-likeness (QED) is 0.852. The SMILES string of the molecule is Nc1cccnc1S(=O)(=O)NC1CCCCC1. The summed E-state index contributed by atoms with van der Waals surface area (Å²) in [4.78, 5) is 3.84. The molecule has 1 heterocycles. The Balaban J connectivity index is 2.16. The average Bonchev–Trinajstić information content (AvgIpc) is 2.30. The second kappa shape index (κ2) is 5.01. The van der Waals surface area contributed by atoms with Gasteiger partial charge in [0.15, 0.2) is 5.03 Å². The van der Waals surface area contributed by atoms with Gasteiger partial charge in [-0.3, -0.25) is 0 Å². The molecule has 0 atom stereocenters. The van der Waals surface area contributed by atoms with Crippen LogP contribution in [0.15, 0.2) is 23.4 Å². The van der Waals surface area contributed by atoms with Gasteiger partial charge in [-0.05, 0) is 25.0 Å². The maximum atomic E-state index is 12.1. The van der Waals surface area contributed by atoms with Gasteiger partial charge in [-0.15, -0.1) is 0 Å². The van der Waals surface area contributed by atoms with Crippen LogP contribution in [0, 0.1) is 0 Å². The molecular formula is C11H17N3O2S. The van der Waals surface area contributed by atoms with Gasteiger partial charge < -0.3 is 5.73 Å². The molecule has 6 heteroatoms. The molecule has 1 aliphatic rings. The molecule has 94 valence electrons. The second-order valence-corrected chi connectivity index (χ2v) is 5.98. The Bertz CT molecular complexity index is 481.